The molecule has 0 atom stereocenters. The van der Waals surface area contributed by atoms with Gasteiger partial charge < -0.3 is 10.6 Å². The Kier molecular flexibility index (Phi) is 7.18. The van der Waals surface area contributed by atoms with Crippen LogP contribution in [0.5, 0.6) is 0 Å². The minimum absolute atomic E-state index is 0.0177. The molecule has 32 heavy (non-hydrogen) atoms. The summed E-state index contributed by atoms with van der Waals surface area (Å²) in [5.74, 6) is -0.775. The van der Waals surface area contributed by atoms with Crippen LogP contribution in [0.1, 0.15) is 16.1 Å². The number of nitrogens with one attached hydrogen (secondary N) is 3. The highest BCUT2D eigenvalue weighted by Crippen LogP contribution is 2.36. The number of amides is 3. The van der Waals surface area contributed by atoms with Crippen LogP contribution in [0.3, 0.4) is 0 Å². The summed E-state index contributed by atoms with van der Waals surface area (Å²) in [6.07, 6.45) is -3.47. The highest BCUT2D eigenvalue weighted by Gasteiger charge is 2.33. The number of rotatable bonds is 5. The van der Waals surface area contributed by atoms with Gasteiger partial charge in [-0.3, -0.25) is 10.0 Å². The van der Waals surface area contributed by atoms with Crippen molar-refractivity contribution in [3.8, 4) is 0 Å². The summed E-state index contributed by atoms with van der Waals surface area (Å²) in [6.45, 7) is 0. The van der Waals surface area contributed by atoms with Crippen LogP contribution < -0.4 is 16.1 Å². The number of urea groups is 1. The normalized spacial score (nSPS) is 11.0. The lowest BCUT2D eigenvalue weighted by Gasteiger charge is -2.12. The number of hydrogen-bond acceptors (Lipinski definition) is 6. The lowest BCUT2D eigenvalue weighted by atomic mass is 10.2. The minimum atomic E-state index is -4.65. The zero-order valence-corrected chi connectivity index (χ0v) is 17.3. The van der Waals surface area contributed by atoms with Gasteiger partial charge in [0.2, 0.25) is 0 Å². The maximum Gasteiger partial charge on any atom is 0.417 e. The lowest BCUT2D eigenvalue weighted by molar-refractivity contribution is -0.137. The predicted molar refractivity (Wildman–Crippen MR) is 111 cm³/mol. The summed E-state index contributed by atoms with van der Waals surface area (Å²) in [5.41, 5.74) is 0.728. The molecule has 0 aliphatic heterocycles. The van der Waals surface area contributed by atoms with Crippen molar-refractivity contribution in [1.82, 2.24) is 15.4 Å². The second kappa shape index (κ2) is 9.85. The monoisotopic (exact) mass is 483 g/mol. The summed E-state index contributed by atoms with van der Waals surface area (Å²) in [5, 5.41) is 13.5. The molecule has 1 aromatic heterocycles. The average molecular weight is 484 g/mol. The molecule has 0 spiro atoms. The summed E-state index contributed by atoms with van der Waals surface area (Å²) in [6, 6.07) is 10.2. The highest BCUT2D eigenvalue weighted by molar-refractivity contribution is 7.99. The molecule has 2 aromatic carbocycles. The first-order valence-corrected chi connectivity index (χ1v) is 9.84. The Balaban J connectivity index is 1.62. The minimum Gasteiger partial charge on any atom is -0.308 e. The molecule has 0 fully saturated rings. The number of aromatic nitrogens is 2. The maximum absolute atomic E-state index is 12.9. The van der Waals surface area contributed by atoms with Gasteiger partial charge in [0, 0.05) is 22.3 Å². The smallest absolute Gasteiger partial charge is 0.308 e. The number of hydroxylamine groups is 1. The number of halogens is 4. The van der Waals surface area contributed by atoms with E-state index in [9.17, 15) is 22.8 Å². The first kappa shape index (κ1) is 23.3. The molecule has 0 unspecified atom stereocenters. The Morgan fingerprint density at radius 2 is 1.62 bits per heavy atom. The van der Waals surface area contributed by atoms with Crippen molar-refractivity contribution < 1.29 is 28.0 Å². The van der Waals surface area contributed by atoms with Crippen LogP contribution in [0.2, 0.25) is 5.02 Å². The van der Waals surface area contributed by atoms with Gasteiger partial charge >= 0.3 is 12.2 Å². The standard InChI is InChI=1S/C19H13ClF3N5O3S/c20-14-6-3-11(7-13(14)19(21,22)23)27-18(30)26-10-1-4-12(5-2-10)32-16-8-15(17(29)28-31)24-9-25-16/h1-9,31H,(H,28,29)(H2,26,27,30). The van der Waals surface area contributed by atoms with E-state index >= 15 is 0 Å². The van der Waals surface area contributed by atoms with E-state index in [1.807, 2.05) is 0 Å². The molecule has 3 amide bonds. The Morgan fingerprint density at radius 1 is 0.969 bits per heavy atom. The number of benzene rings is 2. The Bertz CT molecular complexity index is 1150. The number of hydrogen-bond donors (Lipinski definition) is 4. The van der Waals surface area contributed by atoms with E-state index < -0.39 is 28.7 Å². The first-order valence-electron chi connectivity index (χ1n) is 8.65. The molecule has 3 aromatic rings. The molecule has 4 N–H and O–H groups in total. The molecule has 166 valence electrons. The lowest BCUT2D eigenvalue weighted by Crippen LogP contribution is -2.20. The number of carbonyl (C=O) groups is 2. The van der Waals surface area contributed by atoms with Gasteiger partial charge in [0.1, 0.15) is 17.0 Å². The van der Waals surface area contributed by atoms with Crippen LogP contribution in [0.25, 0.3) is 0 Å². The number of nitrogens with zero attached hydrogens (tertiary/aromatic N) is 2. The van der Waals surface area contributed by atoms with Crippen molar-refractivity contribution in [2.75, 3.05) is 10.6 Å². The van der Waals surface area contributed by atoms with E-state index in [4.69, 9.17) is 16.8 Å². The quantitative estimate of drug-likeness (QED) is 0.229. The summed E-state index contributed by atoms with van der Waals surface area (Å²) < 4.78 is 38.8. The molecule has 1 heterocycles. The first-order chi connectivity index (χ1) is 15.2. The van der Waals surface area contributed by atoms with Gasteiger partial charge in [0.05, 0.1) is 10.6 Å². The van der Waals surface area contributed by atoms with E-state index in [1.165, 1.54) is 35.7 Å². The second-order valence-electron chi connectivity index (χ2n) is 6.08. The zero-order valence-electron chi connectivity index (χ0n) is 15.8. The molecule has 0 aliphatic rings. The molecular formula is C19H13ClF3N5O3S. The third-order valence-corrected chi connectivity index (χ3v) is 5.11. The van der Waals surface area contributed by atoms with Crippen molar-refractivity contribution >= 4 is 46.7 Å². The van der Waals surface area contributed by atoms with E-state index in [1.54, 1.807) is 24.3 Å². The van der Waals surface area contributed by atoms with Crippen LogP contribution >= 0.6 is 23.4 Å². The van der Waals surface area contributed by atoms with Crippen molar-refractivity contribution in [3.63, 3.8) is 0 Å². The van der Waals surface area contributed by atoms with Crippen molar-refractivity contribution in [2.45, 2.75) is 16.1 Å². The number of carbonyl (C=O) groups excluding carboxylic acids is 2. The molecule has 0 saturated carbocycles. The van der Waals surface area contributed by atoms with Crippen LogP contribution in [0.15, 0.2) is 64.8 Å². The Morgan fingerprint density at radius 3 is 2.28 bits per heavy atom. The van der Waals surface area contributed by atoms with Gasteiger partial charge in [0.15, 0.2) is 0 Å². The third kappa shape index (κ3) is 6.09. The summed E-state index contributed by atoms with van der Waals surface area (Å²) in [7, 11) is 0. The maximum atomic E-state index is 12.9. The van der Waals surface area contributed by atoms with E-state index in [0.717, 1.165) is 17.0 Å². The topological polar surface area (TPSA) is 116 Å². The van der Waals surface area contributed by atoms with Crippen molar-refractivity contribution in [3.05, 3.63) is 71.1 Å². The number of anilines is 2. The second-order valence-corrected chi connectivity index (χ2v) is 7.58. The fraction of sp³-hybridized carbons (Fsp3) is 0.0526. The van der Waals surface area contributed by atoms with Crippen molar-refractivity contribution in [2.24, 2.45) is 0 Å². The molecular weight excluding hydrogens is 471 g/mol. The molecule has 0 bridgehead atoms. The summed E-state index contributed by atoms with van der Waals surface area (Å²) >= 11 is 6.77. The SMILES string of the molecule is O=C(Nc1ccc(Sc2cc(C(=O)NO)ncn2)cc1)Nc1ccc(Cl)c(C(F)(F)F)c1. The van der Waals surface area contributed by atoms with Gasteiger partial charge in [-0.1, -0.05) is 23.4 Å². The molecule has 0 aliphatic carbocycles. The fourth-order valence-corrected chi connectivity index (χ4v) is 3.43. The van der Waals surface area contributed by atoms with Crippen LogP contribution in [0.4, 0.5) is 29.3 Å². The Labute approximate surface area is 188 Å². The van der Waals surface area contributed by atoms with E-state index in [0.29, 0.717) is 10.7 Å². The van der Waals surface area contributed by atoms with E-state index in [2.05, 4.69) is 20.6 Å². The fourth-order valence-electron chi connectivity index (χ4n) is 2.42. The largest absolute Gasteiger partial charge is 0.417 e. The molecule has 0 saturated heterocycles. The highest BCUT2D eigenvalue weighted by atomic mass is 35.5. The third-order valence-electron chi connectivity index (χ3n) is 3.84. The van der Waals surface area contributed by atoms with Crippen molar-refractivity contribution in [1.29, 1.82) is 0 Å². The Hall–Kier alpha value is -3.35. The molecule has 3 rings (SSSR count). The number of alkyl halides is 3. The van der Waals surface area contributed by atoms with Gasteiger partial charge in [-0.05, 0) is 42.5 Å². The van der Waals surface area contributed by atoms with Gasteiger partial charge in [0.25, 0.3) is 5.91 Å². The summed E-state index contributed by atoms with van der Waals surface area (Å²) in [4.78, 5) is 32.0. The van der Waals surface area contributed by atoms with Crippen LogP contribution in [0, 0.1) is 0 Å². The molecule has 8 nitrogen and oxygen atoms in total. The predicted octanol–water partition coefficient (Wildman–Crippen LogP) is 5.06. The zero-order chi connectivity index (χ0) is 23.3. The van der Waals surface area contributed by atoms with Crippen LogP contribution in [-0.2, 0) is 6.18 Å². The van der Waals surface area contributed by atoms with Gasteiger partial charge in [-0.25, -0.2) is 20.2 Å². The molecule has 0 radical (unpaired) electrons. The van der Waals surface area contributed by atoms with Gasteiger partial charge in [-0.2, -0.15) is 13.2 Å². The van der Waals surface area contributed by atoms with E-state index in [-0.39, 0.29) is 11.4 Å². The average Bonchev–Trinajstić information content (AvgIpc) is 2.75. The van der Waals surface area contributed by atoms with Gasteiger partial charge in [-0.15, -0.1) is 0 Å². The van der Waals surface area contributed by atoms with Crippen LogP contribution in [-0.4, -0.2) is 27.1 Å². The molecule has 13 heteroatoms.